The number of nitrogens with one attached hydrogen (secondary N) is 1. The lowest BCUT2D eigenvalue weighted by molar-refractivity contribution is 0.00502. The van der Waals surface area contributed by atoms with Gasteiger partial charge in [-0.25, -0.2) is 4.79 Å². The monoisotopic (exact) mass is 442 g/mol. The summed E-state index contributed by atoms with van der Waals surface area (Å²) < 4.78 is 17.7. The molecule has 0 radical (unpaired) electrons. The van der Waals surface area contributed by atoms with Crippen LogP contribution in [0.4, 0.5) is 4.79 Å². The van der Waals surface area contributed by atoms with Crippen LogP contribution in [0.1, 0.15) is 66.0 Å². The molecule has 6 nitrogen and oxygen atoms in total. The molecule has 3 N–H and O–H groups in total. The van der Waals surface area contributed by atoms with E-state index in [1.807, 2.05) is 83.1 Å². The molecule has 0 saturated carbocycles. The summed E-state index contributed by atoms with van der Waals surface area (Å²) in [6.07, 6.45) is 0.250. The number of alkyl carbamates (subject to hydrolysis) is 1. The smallest absolute Gasteiger partial charge is 0.407 e. The van der Waals surface area contributed by atoms with E-state index >= 15 is 0 Å². The molecule has 0 aliphatic heterocycles. The number of rotatable bonds is 9. The van der Waals surface area contributed by atoms with Crippen molar-refractivity contribution in [3.05, 3.63) is 59.7 Å². The summed E-state index contributed by atoms with van der Waals surface area (Å²) in [6, 6.07) is 15.5. The zero-order chi connectivity index (χ0) is 24.0. The maximum absolute atomic E-state index is 11.8. The second-order valence-corrected chi connectivity index (χ2v) is 10.2. The molecule has 2 rings (SSSR count). The first-order valence-corrected chi connectivity index (χ1v) is 11.0. The summed E-state index contributed by atoms with van der Waals surface area (Å²) >= 11 is 0. The van der Waals surface area contributed by atoms with Crippen LogP contribution >= 0.6 is 0 Å². The van der Waals surface area contributed by atoms with E-state index in [-0.39, 0.29) is 0 Å². The maximum atomic E-state index is 11.8. The van der Waals surface area contributed by atoms with Crippen LogP contribution < -0.4 is 20.5 Å². The maximum Gasteiger partial charge on any atom is 0.407 e. The molecule has 0 saturated heterocycles. The highest BCUT2D eigenvalue weighted by Gasteiger charge is 2.32. The van der Waals surface area contributed by atoms with E-state index in [2.05, 4.69) is 19.2 Å². The van der Waals surface area contributed by atoms with E-state index < -0.39 is 22.9 Å². The Morgan fingerprint density at radius 3 is 1.62 bits per heavy atom. The van der Waals surface area contributed by atoms with Gasteiger partial charge in [-0.3, -0.25) is 0 Å². The van der Waals surface area contributed by atoms with Gasteiger partial charge in [0.2, 0.25) is 0 Å². The van der Waals surface area contributed by atoms with Crippen LogP contribution in [0.25, 0.3) is 0 Å². The highest BCUT2D eigenvalue weighted by atomic mass is 16.6. The molecule has 32 heavy (non-hydrogen) atoms. The van der Waals surface area contributed by atoms with Gasteiger partial charge < -0.3 is 25.3 Å². The lowest BCUT2D eigenvalue weighted by atomic mass is 9.92. The number of ether oxygens (including phenoxy) is 3. The summed E-state index contributed by atoms with van der Waals surface area (Å²) in [7, 11) is 0. The molecule has 0 heterocycles. The second kappa shape index (κ2) is 10.3. The van der Waals surface area contributed by atoms with Crippen LogP contribution in [-0.4, -0.2) is 22.9 Å². The second-order valence-electron chi connectivity index (χ2n) is 10.2. The molecule has 0 aliphatic carbocycles. The van der Waals surface area contributed by atoms with Gasteiger partial charge in [0.25, 0.3) is 0 Å². The van der Waals surface area contributed by atoms with Gasteiger partial charge in [0, 0.05) is 19.5 Å². The Hall–Kier alpha value is -2.73. The normalized spacial score (nSPS) is 12.2. The molecule has 2 aromatic carbocycles. The Labute approximate surface area is 192 Å². The molecule has 0 atom stereocenters. The van der Waals surface area contributed by atoms with Crippen molar-refractivity contribution in [1.29, 1.82) is 0 Å². The first-order valence-electron chi connectivity index (χ1n) is 11.0. The minimum Gasteiger partial charge on any atom is -0.488 e. The third-order valence-corrected chi connectivity index (χ3v) is 4.56. The number of carbonyl (C=O) groups is 1. The minimum absolute atomic E-state index is 0.391. The zero-order valence-electron chi connectivity index (χ0n) is 20.5. The van der Waals surface area contributed by atoms with Gasteiger partial charge in [-0.1, -0.05) is 24.3 Å². The molecule has 0 aromatic heterocycles. The van der Waals surface area contributed by atoms with Crippen molar-refractivity contribution in [3.63, 3.8) is 0 Å². The van der Waals surface area contributed by atoms with E-state index in [1.165, 1.54) is 0 Å². The Balaban J connectivity index is 1.90. The zero-order valence-corrected chi connectivity index (χ0v) is 20.5. The molecule has 176 valence electrons. The number of nitrogens with two attached hydrogens (primary N) is 1. The topological polar surface area (TPSA) is 82.8 Å². The Morgan fingerprint density at radius 2 is 1.22 bits per heavy atom. The predicted molar refractivity (Wildman–Crippen MR) is 128 cm³/mol. The molecule has 0 bridgehead atoms. The first-order chi connectivity index (χ1) is 14.8. The summed E-state index contributed by atoms with van der Waals surface area (Å²) in [5.41, 5.74) is 6.31. The lowest BCUT2D eigenvalue weighted by Crippen LogP contribution is -2.41. The average molecular weight is 443 g/mol. The van der Waals surface area contributed by atoms with Gasteiger partial charge in [0.15, 0.2) is 0 Å². The predicted octanol–water partition coefficient (Wildman–Crippen LogP) is 5.58. The van der Waals surface area contributed by atoms with Gasteiger partial charge in [-0.05, 0) is 83.9 Å². The van der Waals surface area contributed by atoms with Crippen molar-refractivity contribution >= 4 is 6.09 Å². The molecule has 0 unspecified atom stereocenters. The summed E-state index contributed by atoms with van der Waals surface area (Å²) in [4.78, 5) is 11.8. The highest BCUT2D eigenvalue weighted by molar-refractivity contribution is 5.67. The van der Waals surface area contributed by atoms with Crippen molar-refractivity contribution in [2.75, 3.05) is 0 Å². The van der Waals surface area contributed by atoms with E-state index in [0.717, 1.165) is 22.6 Å². The first kappa shape index (κ1) is 25.5. The standard InChI is InChI=1S/C26H38N2O4/c1-24(2,3)32-23(29)28-17-20-10-14-22(15-11-20)31-26(6,7)18-25(4,5)30-21-12-8-19(16-27)9-13-21/h8-15H,16-18,27H2,1-7H3,(H,28,29). The largest absolute Gasteiger partial charge is 0.488 e. The molecular weight excluding hydrogens is 404 g/mol. The molecule has 6 heteroatoms. The number of benzene rings is 2. The minimum atomic E-state index is -0.515. The van der Waals surface area contributed by atoms with E-state index in [4.69, 9.17) is 19.9 Å². The van der Waals surface area contributed by atoms with Gasteiger partial charge in [-0.2, -0.15) is 0 Å². The van der Waals surface area contributed by atoms with E-state index in [9.17, 15) is 4.79 Å². The van der Waals surface area contributed by atoms with E-state index in [0.29, 0.717) is 19.5 Å². The van der Waals surface area contributed by atoms with Crippen LogP contribution in [0.3, 0.4) is 0 Å². The van der Waals surface area contributed by atoms with Crippen LogP contribution in [0.2, 0.25) is 0 Å². The van der Waals surface area contributed by atoms with Crippen molar-refractivity contribution in [3.8, 4) is 11.5 Å². The van der Waals surface area contributed by atoms with Crippen LogP contribution in [0.15, 0.2) is 48.5 Å². The number of hydrogen-bond acceptors (Lipinski definition) is 5. The number of carbonyl (C=O) groups excluding carboxylic acids is 1. The Kier molecular flexibility index (Phi) is 8.18. The van der Waals surface area contributed by atoms with Gasteiger partial charge in [0.05, 0.1) is 0 Å². The molecule has 0 fully saturated rings. The van der Waals surface area contributed by atoms with Gasteiger partial charge in [-0.15, -0.1) is 0 Å². The quantitative estimate of drug-likeness (QED) is 0.530. The lowest BCUT2D eigenvalue weighted by Gasteiger charge is -2.35. The summed E-state index contributed by atoms with van der Waals surface area (Å²) in [5.74, 6) is 1.57. The van der Waals surface area contributed by atoms with E-state index in [1.54, 1.807) is 0 Å². The fourth-order valence-corrected chi connectivity index (χ4v) is 3.59. The molecule has 0 spiro atoms. The van der Waals surface area contributed by atoms with Crippen LogP contribution in [0, 0.1) is 0 Å². The van der Waals surface area contributed by atoms with Crippen molar-refractivity contribution in [2.24, 2.45) is 5.73 Å². The molecular formula is C26H38N2O4. The van der Waals surface area contributed by atoms with Gasteiger partial charge >= 0.3 is 6.09 Å². The molecule has 0 aliphatic rings. The Morgan fingerprint density at radius 1 is 0.781 bits per heavy atom. The molecule has 2 aromatic rings. The van der Waals surface area contributed by atoms with Crippen molar-refractivity contribution < 1.29 is 19.0 Å². The Bertz CT molecular complexity index is 866. The number of hydrogen-bond donors (Lipinski definition) is 2. The SMILES string of the molecule is CC(C)(C)OC(=O)NCc1ccc(OC(C)(C)CC(C)(C)Oc2ccc(CN)cc2)cc1. The van der Waals surface area contributed by atoms with Crippen LogP contribution in [0.5, 0.6) is 11.5 Å². The summed E-state index contributed by atoms with van der Waals surface area (Å²) in [6.45, 7) is 14.6. The number of amides is 1. The third-order valence-electron chi connectivity index (χ3n) is 4.56. The van der Waals surface area contributed by atoms with Gasteiger partial charge in [0.1, 0.15) is 28.3 Å². The van der Waals surface area contributed by atoms with Crippen molar-refractivity contribution in [1.82, 2.24) is 5.32 Å². The fourth-order valence-electron chi connectivity index (χ4n) is 3.59. The van der Waals surface area contributed by atoms with Crippen LogP contribution in [-0.2, 0) is 17.8 Å². The average Bonchev–Trinajstić information content (AvgIpc) is 2.65. The highest BCUT2D eigenvalue weighted by Crippen LogP contribution is 2.30. The van der Waals surface area contributed by atoms with Crippen molar-refractivity contribution in [2.45, 2.75) is 84.8 Å². The molecule has 1 amide bonds. The fraction of sp³-hybridized carbons (Fsp3) is 0.500. The third kappa shape index (κ3) is 9.18. The summed E-state index contributed by atoms with van der Waals surface area (Å²) in [5, 5.41) is 2.76.